The number of aromatic nitrogens is 2. The number of carbonyl (C=O) groups is 2. The SMILES string of the molecule is CCOc1ccc(NC(=O)Cn2cnc3sc(C(=O)OCCc4ccccc4)c(C)c3c2=O)cc1. The molecule has 8 nitrogen and oxygen atoms in total. The van der Waals surface area contributed by atoms with Crippen molar-refractivity contribution in [3.63, 3.8) is 0 Å². The summed E-state index contributed by atoms with van der Waals surface area (Å²) in [4.78, 5) is 43.3. The molecule has 2 aromatic carbocycles. The van der Waals surface area contributed by atoms with Crippen molar-refractivity contribution >= 4 is 39.1 Å². The van der Waals surface area contributed by atoms with Crippen molar-refractivity contribution in [2.45, 2.75) is 26.8 Å². The molecule has 0 aliphatic rings. The van der Waals surface area contributed by atoms with Gasteiger partial charge in [-0.1, -0.05) is 30.3 Å². The van der Waals surface area contributed by atoms with Gasteiger partial charge in [-0.15, -0.1) is 11.3 Å². The van der Waals surface area contributed by atoms with Crippen molar-refractivity contribution < 1.29 is 19.1 Å². The maximum Gasteiger partial charge on any atom is 0.348 e. The minimum atomic E-state index is -0.486. The van der Waals surface area contributed by atoms with E-state index >= 15 is 0 Å². The van der Waals surface area contributed by atoms with Gasteiger partial charge in [0.25, 0.3) is 5.56 Å². The van der Waals surface area contributed by atoms with Crippen LogP contribution in [0.25, 0.3) is 10.2 Å². The molecule has 0 aliphatic heterocycles. The van der Waals surface area contributed by atoms with E-state index < -0.39 is 5.97 Å². The molecule has 0 bridgehead atoms. The number of aryl methyl sites for hydroxylation is 1. The van der Waals surface area contributed by atoms with Gasteiger partial charge < -0.3 is 14.8 Å². The lowest BCUT2D eigenvalue weighted by molar-refractivity contribution is -0.116. The highest BCUT2D eigenvalue weighted by molar-refractivity contribution is 7.20. The van der Waals surface area contributed by atoms with Gasteiger partial charge in [0.2, 0.25) is 5.91 Å². The zero-order chi connectivity index (χ0) is 24.8. The van der Waals surface area contributed by atoms with Crippen LogP contribution in [0.4, 0.5) is 5.69 Å². The maximum atomic E-state index is 13.1. The summed E-state index contributed by atoms with van der Waals surface area (Å²) >= 11 is 1.12. The van der Waals surface area contributed by atoms with Crippen LogP contribution in [0.1, 0.15) is 27.7 Å². The topological polar surface area (TPSA) is 99.5 Å². The van der Waals surface area contributed by atoms with Crippen LogP contribution in [-0.4, -0.2) is 34.6 Å². The first-order valence-corrected chi connectivity index (χ1v) is 12.0. The maximum absolute atomic E-state index is 13.1. The van der Waals surface area contributed by atoms with E-state index in [1.807, 2.05) is 37.3 Å². The lowest BCUT2D eigenvalue weighted by Crippen LogP contribution is -2.27. The first kappa shape index (κ1) is 24.2. The first-order valence-electron chi connectivity index (χ1n) is 11.2. The van der Waals surface area contributed by atoms with E-state index in [4.69, 9.17) is 9.47 Å². The normalized spacial score (nSPS) is 10.8. The van der Waals surface area contributed by atoms with E-state index in [-0.39, 0.29) is 24.6 Å². The Kier molecular flexibility index (Phi) is 7.57. The number of fused-ring (bicyclic) bond motifs is 1. The standard InChI is InChI=1S/C26H25N3O5S/c1-3-33-20-11-9-19(10-12-20)28-21(30)15-29-16-27-24-22(25(29)31)17(2)23(35-24)26(32)34-14-13-18-7-5-4-6-8-18/h4-12,16H,3,13-15H2,1-2H3,(H,28,30). The smallest absolute Gasteiger partial charge is 0.348 e. The molecule has 35 heavy (non-hydrogen) atoms. The lowest BCUT2D eigenvalue weighted by Gasteiger charge is -2.08. The van der Waals surface area contributed by atoms with E-state index in [1.54, 1.807) is 31.2 Å². The van der Waals surface area contributed by atoms with Crippen LogP contribution >= 0.6 is 11.3 Å². The highest BCUT2D eigenvalue weighted by Gasteiger charge is 2.21. The number of amides is 1. The summed E-state index contributed by atoms with van der Waals surface area (Å²) < 4.78 is 12.1. The van der Waals surface area contributed by atoms with Crippen molar-refractivity contribution in [1.29, 1.82) is 0 Å². The van der Waals surface area contributed by atoms with Crippen LogP contribution < -0.4 is 15.6 Å². The van der Waals surface area contributed by atoms with Gasteiger partial charge in [-0.3, -0.25) is 14.2 Å². The summed E-state index contributed by atoms with van der Waals surface area (Å²) in [5.41, 5.74) is 1.79. The molecule has 0 unspecified atom stereocenters. The Labute approximate surface area is 206 Å². The van der Waals surface area contributed by atoms with Crippen LogP contribution in [0.15, 0.2) is 65.7 Å². The summed E-state index contributed by atoms with van der Waals surface area (Å²) in [6, 6.07) is 16.7. The minimum Gasteiger partial charge on any atom is -0.494 e. The molecule has 1 N–H and O–H groups in total. The van der Waals surface area contributed by atoms with Gasteiger partial charge in [0.05, 0.1) is 24.9 Å². The fourth-order valence-corrected chi connectivity index (χ4v) is 4.63. The predicted octanol–water partition coefficient (Wildman–Crippen LogP) is 4.20. The molecular formula is C26H25N3O5S. The van der Waals surface area contributed by atoms with Crippen LogP contribution in [0, 0.1) is 6.92 Å². The number of rotatable bonds is 9. The molecule has 0 radical (unpaired) electrons. The van der Waals surface area contributed by atoms with Crippen LogP contribution in [0.5, 0.6) is 5.75 Å². The van der Waals surface area contributed by atoms with Gasteiger partial charge in [-0.2, -0.15) is 0 Å². The molecule has 0 fully saturated rings. The monoisotopic (exact) mass is 491 g/mol. The number of nitrogens with zero attached hydrogens (tertiary/aromatic N) is 2. The van der Waals surface area contributed by atoms with Gasteiger partial charge in [-0.05, 0) is 49.2 Å². The number of anilines is 1. The van der Waals surface area contributed by atoms with Gasteiger partial charge in [0.15, 0.2) is 0 Å². The molecule has 4 aromatic rings. The molecule has 2 aromatic heterocycles. The molecule has 0 spiro atoms. The zero-order valence-electron chi connectivity index (χ0n) is 19.4. The third-order valence-electron chi connectivity index (χ3n) is 5.33. The van der Waals surface area contributed by atoms with E-state index in [0.29, 0.717) is 45.1 Å². The molecule has 0 aliphatic carbocycles. The van der Waals surface area contributed by atoms with E-state index in [9.17, 15) is 14.4 Å². The third kappa shape index (κ3) is 5.75. The summed E-state index contributed by atoms with van der Waals surface area (Å²) in [6.07, 6.45) is 1.92. The second-order valence-electron chi connectivity index (χ2n) is 7.79. The van der Waals surface area contributed by atoms with Crippen molar-refractivity contribution in [2.75, 3.05) is 18.5 Å². The molecule has 0 saturated carbocycles. The minimum absolute atomic E-state index is 0.207. The summed E-state index contributed by atoms with van der Waals surface area (Å²) in [5.74, 6) is -0.148. The fourth-order valence-electron chi connectivity index (χ4n) is 3.59. The Hall–Kier alpha value is -3.98. The van der Waals surface area contributed by atoms with Crippen molar-refractivity contribution in [1.82, 2.24) is 9.55 Å². The second-order valence-corrected chi connectivity index (χ2v) is 8.79. The number of nitrogens with one attached hydrogen (secondary N) is 1. The van der Waals surface area contributed by atoms with Gasteiger partial charge in [0.1, 0.15) is 22.0 Å². The Bertz CT molecular complexity index is 1390. The van der Waals surface area contributed by atoms with Crippen molar-refractivity contribution in [3.8, 4) is 5.75 Å². The lowest BCUT2D eigenvalue weighted by atomic mass is 10.2. The van der Waals surface area contributed by atoms with Gasteiger partial charge in [0, 0.05) is 12.1 Å². The second kappa shape index (κ2) is 11.0. The molecule has 0 saturated heterocycles. The first-order chi connectivity index (χ1) is 17.0. The molecule has 0 atom stereocenters. The zero-order valence-corrected chi connectivity index (χ0v) is 20.3. The fraction of sp³-hybridized carbons (Fsp3) is 0.231. The Morgan fingerprint density at radius 2 is 1.83 bits per heavy atom. The number of hydrogen-bond donors (Lipinski definition) is 1. The van der Waals surface area contributed by atoms with Crippen LogP contribution in [0.2, 0.25) is 0 Å². The molecular weight excluding hydrogens is 466 g/mol. The number of thiophene rings is 1. The number of benzene rings is 2. The summed E-state index contributed by atoms with van der Waals surface area (Å²) in [5, 5.41) is 3.08. The van der Waals surface area contributed by atoms with Crippen molar-refractivity contribution in [3.05, 3.63) is 87.3 Å². The highest BCUT2D eigenvalue weighted by Crippen LogP contribution is 2.27. The average molecular weight is 492 g/mol. The quantitative estimate of drug-likeness (QED) is 0.352. The van der Waals surface area contributed by atoms with Gasteiger partial charge in [-0.25, -0.2) is 9.78 Å². The van der Waals surface area contributed by atoms with E-state index in [0.717, 1.165) is 16.9 Å². The molecule has 2 heterocycles. The Balaban J connectivity index is 1.44. The van der Waals surface area contributed by atoms with E-state index in [1.165, 1.54) is 10.9 Å². The van der Waals surface area contributed by atoms with Crippen molar-refractivity contribution in [2.24, 2.45) is 0 Å². The Morgan fingerprint density at radius 3 is 2.54 bits per heavy atom. The molecule has 4 rings (SSSR count). The third-order valence-corrected chi connectivity index (χ3v) is 6.51. The summed E-state index contributed by atoms with van der Waals surface area (Å²) in [7, 11) is 0. The van der Waals surface area contributed by atoms with Crippen LogP contribution in [0.3, 0.4) is 0 Å². The molecule has 180 valence electrons. The number of carbonyl (C=O) groups excluding carboxylic acids is 2. The van der Waals surface area contributed by atoms with Gasteiger partial charge >= 0.3 is 5.97 Å². The predicted molar refractivity (Wildman–Crippen MR) is 135 cm³/mol. The summed E-state index contributed by atoms with van der Waals surface area (Å²) in [6.45, 7) is 4.17. The number of esters is 1. The number of hydrogen-bond acceptors (Lipinski definition) is 7. The van der Waals surface area contributed by atoms with E-state index in [2.05, 4.69) is 10.3 Å². The van der Waals surface area contributed by atoms with Crippen LogP contribution in [-0.2, 0) is 22.5 Å². The number of ether oxygens (including phenoxy) is 2. The Morgan fingerprint density at radius 1 is 1.09 bits per heavy atom. The molecule has 9 heteroatoms. The average Bonchev–Trinajstić information content (AvgIpc) is 3.20. The molecule has 1 amide bonds. The largest absolute Gasteiger partial charge is 0.494 e. The highest BCUT2D eigenvalue weighted by atomic mass is 32.1.